The van der Waals surface area contributed by atoms with Gasteiger partial charge in [-0.15, -0.1) is 0 Å². The maximum Gasteiger partial charge on any atom is 0.142 e. The van der Waals surface area contributed by atoms with Crippen LogP contribution in [-0.4, -0.2) is 0 Å². The van der Waals surface area contributed by atoms with Crippen molar-refractivity contribution < 1.29 is 4.39 Å². The van der Waals surface area contributed by atoms with Crippen molar-refractivity contribution in [2.24, 2.45) is 5.92 Å². The van der Waals surface area contributed by atoms with Crippen molar-refractivity contribution in [2.45, 2.75) is 64.2 Å². The Morgan fingerprint density at radius 2 is 1.32 bits per heavy atom. The van der Waals surface area contributed by atoms with E-state index < -0.39 is 0 Å². The summed E-state index contributed by atoms with van der Waals surface area (Å²) in [6, 6.07) is 23.3. The predicted molar refractivity (Wildman–Crippen MR) is 129 cm³/mol. The van der Waals surface area contributed by atoms with Crippen molar-refractivity contribution in [1.82, 2.24) is 0 Å². The van der Waals surface area contributed by atoms with Gasteiger partial charge in [-0.25, -0.2) is 4.39 Å². The molecule has 0 nitrogen and oxygen atoms in total. The molecule has 1 fully saturated rings. The summed E-state index contributed by atoms with van der Waals surface area (Å²) in [4.78, 5) is 0. The minimum absolute atomic E-state index is 0.191. The lowest BCUT2D eigenvalue weighted by Crippen LogP contribution is -2.14. The second kappa shape index (κ2) is 10.5. The summed E-state index contributed by atoms with van der Waals surface area (Å²) in [7, 11) is 0. The smallest absolute Gasteiger partial charge is 0.142 e. The van der Waals surface area contributed by atoms with Crippen LogP contribution in [-0.2, 0) is 19.3 Å². The average molecular weight is 435 g/mol. The molecule has 31 heavy (non-hydrogen) atoms. The largest absolute Gasteiger partial charge is 0.205 e. The van der Waals surface area contributed by atoms with Crippen LogP contribution < -0.4 is 0 Å². The number of rotatable bonds is 7. The SMILES string of the molecule is Cc1ccc([C@H]2CC[C@H](CCc3ccc(CCc4ccc(Cl)c(F)c4)cc3)CC2)cc1. The monoisotopic (exact) mass is 434 g/mol. The van der Waals surface area contributed by atoms with E-state index in [1.54, 1.807) is 12.1 Å². The first-order valence-corrected chi connectivity index (χ1v) is 12.0. The van der Waals surface area contributed by atoms with E-state index in [2.05, 4.69) is 55.5 Å². The van der Waals surface area contributed by atoms with Gasteiger partial charge in [0.15, 0.2) is 0 Å². The molecule has 4 rings (SSSR count). The van der Waals surface area contributed by atoms with Crippen LogP contribution in [0.3, 0.4) is 0 Å². The van der Waals surface area contributed by atoms with Crippen LogP contribution in [0.5, 0.6) is 0 Å². The van der Waals surface area contributed by atoms with Gasteiger partial charge in [0.25, 0.3) is 0 Å². The van der Waals surface area contributed by atoms with Crippen molar-refractivity contribution >= 4 is 11.6 Å². The molecule has 0 aromatic heterocycles. The van der Waals surface area contributed by atoms with Crippen LogP contribution in [0, 0.1) is 18.7 Å². The highest BCUT2D eigenvalue weighted by Crippen LogP contribution is 2.37. The molecule has 0 radical (unpaired) electrons. The maximum atomic E-state index is 13.6. The van der Waals surface area contributed by atoms with Gasteiger partial charge < -0.3 is 0 Å². The number of halogens is 2. The third-order valence-corrected chi connectivity index (χ3v) is 7.25. The Labute approximate surface area is 191 Å². The molecule has 1 aliphatic rings. The minimum Gasteiger partial charge on any atom is -0.205 e. The number of aryl methyl sites for hydroxylation is 4. The van der Waals surface area contributed by atoms with E-state index in [4.69, 9.17) is 11.6 Å². The molecular weight excluding hydrogens is 403 g/mol. The van der Waals surface area contributed by atoms with E-state index in [9.17, 15) is 4.39 Å². The van der Waals surface area contributed by atoms with Gasteiger partial charge in [0.1, 0.15) is 5.82 Å². The molecule has 0 aliphatic heterocycles. The molecule has 0 N–H and O–H groups in total. The fourth-order valence-corrected chi connectivity index (χ4v) is 4.97. The summed E-state index contributed by atoms with van der Waals surface area (Å²) in [6.45, 7) is 2.16. The molecule has 162 valence electrons. The van der Waals surface area contributed by atoms with E-state index in [-0.39, 0.29) is 10.8 Å². The molecule has 1 saturated carbocycles. The predicted octanol–water partition coefficient (Wildman–Crippen LogP) is 8.48. The van der Waals surface area contributed by atoms with Crippen LogP contribution >= 0.6 is 11.6 Å². The van der Waals surface area contributed by atoms with Crippen molar-refractivity contribution in [2.75, 3.05) is 0 Å². The fraction of sp³-hybridized carbons (Fsp3) is 0.379. The lowest BCUT2D eigenvalue weighted by atomic mass is 9.77. The minimum atomic E-state index is -0.331. The summed E-state index contributed by atoms with van der Waals surface area (Å²) in [5, 5.41) is 0.191. The Bertz CT molecular complexity index is 967. The van der Waals surface area contributed by atoms with Crippen molar-refractivity contribution in [1.29, 1.82) is 0 Å². The van der Waals surface area contributed by atoms with E-state index in [0.29, 0.717) is 0 Å². The van der Waals surface area contributed by atoms with E-state index in [1.807, 2.05) is 6.07 Å². The zero-order valence-corrected chi connectivity index (χ0v) is 19.2. The molecule has 0 amide bonds. The highest BCUT2D eigenvalue weighted by Gasteiger charge is 2.22. The van der Waals surface area contributed by atoms with Crippen LogP contribution in [0.25, 0.3) is 0 Å². The van der Waals surface area contributed by atoms with Gasteiger partial charge >= 0.3 is 0 Å². The maximum absolute atomic E-state index is 13.6. The zero-order valence-electron chi connectivity index (χ0n) is 18.4. The Kier molecular flexibility index (Phi) is 7.45. The highest BCUT2D eigenvalue weighted by atomic mass is 35.5. The van der Waals surface area contributed by atoms with Gasteiger partial charge in [-0.05, 0) is 105 Å². The van der Waals surface area contributed by atoms with E-state index >= 15 is 0 Å². The third kappa shape index (κ3) is 6.20. The third-order valence-electron chi connectivity index (χ3n) is 6.95. The Morgan fingerprint density at radius 1 is 0.742 bits per heavy atom. The number of benzene rings is 3. The van der Waals surface area contributed by atoms with Crippen LogP contribution in [0.4, 0.5) is 4.39 Å². The van der Waals surface area contributed by atoms with Crippen molar-refractivity contribution in [3.05, 3.63) is 105 Å². The highest BCUT2D eigenvalue weighted by molar-refractivity contribution is 6.30. The van der Waals surface area contributed by atoms with Crippen LogP contribution in [0.1, 0.15) is 65.8 Å². The summed E-state index contributed by atoms with van der Waals surface area (Å²) in [5.41, 5.74) is 6.61. The quantitative estimate of drug-likeness (QED) is 0.349. The fourth-order valence-electron chi connectivity index (χ4n) is 4.85. The number of hydrogen-bond donors (Lipinski definition) is 0. The lowest BCUT2D eigenvalue weighted by Gasteiger charge is -2.29. The molecule has 0 bridgehead atoms. The lowest BCUT2D eigenvalue weighted by molar-refractivity contribution is 0.310. The van der Waals surface area contributed by atoms with E-state index in [0.717, 1.165) is 30.2 Å². The second-order valence-corrected chi connectivity index (χ2v) is 9.64. The van der Waals surface area contributed by atoms with Gasteiger partial charge in [0, 0.05) is 0 Å². The molecular formula is C29H32ClF. The topological polar surface area (TPSA) is 0 Å². The summed E-state index contributed by atoms with van der Waals surface area (Å²) < 4.78 is 13.6. The van der Waals surface area contributed by atoms with Gasteiger partial charge in [-0.3, -0.25) is 0 Å². The molecule has 2 heteroatoms. The van der Waals surface area contributed by atoms with Crippen molar-refractivity contribution in [3.8, 4) is 0 Å². The van der Waals surface area contributed by atoms with Gasteiger partial charge in [-0.1, -0.05) is 71.8 Å². The van der Waals surface area contributed by atoms with E-state index in [1.165, 1.54) is 60.8 Å². The molecule has 0 spiro atoms. The normalized spacial score (nSPS) is 18.8. The second-order valence-electron chi connectivity index (χ2n) is 9.23. The molecule has 3 aromatic carbocycles. The van der Waals surface area contributed by atoms with Gasteiger partial charge in [-0.2, -0.15) is 0 Å². The molecule has 3 aromatic rings. The van der Waals surface area contributed by atoms with Gasteiger partial charge in [0.2, 0.25) is 0 Å². The van der Waals surface area contributed by atoms with Crippen LogP contribution in [0.15, 0.2) is 66.7 Å². The summed E-state index contributed by atoms with van der Waals surface area (Å²) >= 11 is 5.77. The standard InChI is InChI=1S/C29H32ClF/c1-21-2-15-26(16-3-21)27-17-12-24(13-18-27)9-8-22-4-6-23(7-5-22)10-11-25-14-19-28(30)29(31)20-25/h2-7,14-16,19-20,24,27H,8-13,17-18H2,1H3/t24-,27-. The molecule has 0 unspecified atom stereocenters. The van der Waals surface area contributed by atoms with Gasteiger partial charge in [0.05, 0.1) is 5.02 Å². The Morgan fingerprint density at radius 3 is 1.97 bits per heavy atom. The van der Waals surface area contributed by atoms with Crippen LogP contribution in [0.2, 0.25) is 5.02 Å². The molecule has 1 aliphatic carbocycles. The zero-order chi connectivity index (χ0) is 21.6. The summed E-state index contributed by atoms with van der Waals surface area (Å²) in [6.07, 6.45) is 9.59. The first-order chi connectivity index (χ1) is 15.1. The molecule has 0 heterocycles. The first kappa shape index (κ1) is 22.1. The Hall–Kier alpha value is -2.12. The number of hydrogen-bond acceptors (Lipinski definition) is 0. The summed E-state index contributed by atoms with van der Waals surface area (Å²) in [5.74, 6) is 1.29. The Balaban J connectivity index is 1.21. The first-order valence-electron chi connectivity index (χ1n) is 11.6. The molecule has 0 saturated heterocycles. The molecule has 0 atom stereocenters. The van der Waals surface area contributed by atoms with Crippen molar-refractivity contribution in [3.63, 3.8) is 0 Å². The average Bonchev–Trinajstić information content (AvgIpc) is 2.80.